The van der Waals surface area contributed by atoms with Gasteiger partial charge in [-0.25, -0.2) is 4.98 Å². The molecule has 19 heavy (non-hydrogen) atoms. The fourth-order valence-electron chi connectivity index (χ4n) is 2.90. The number of aliphatic hydroxyl groups is 1. The lowest BCUT2D eigenvalue weighted by molar-refractivity contribution is 0.282. The Hall–Kier alpha value is -1.61. The molecule has 1 N–H and O–H groups in total. The third-order valence-corrected chi connectivity index (χ3v) is 4.11. The predicted octanol–water partition coefficient (Wildman–Crippen LogP) is 2.96. The molecule has 0 spiro atoms. The van der Waals surface area contributed by atoms with E-state index in [0.29, 0.717) is 0 Å². The van der Waals surface area contributed by atoms with Gasteiger partial charge in [0, 0.05) is 24.0 Å². The summed E-state index contributed by atoms with van der Waals surface area (Å²) >= 11 is 0. The molecule has 1 aromatic carbocycles. The van der Waals surface area contributed by atoms with E-state index in [4.69, 9.17) is 4.98 Å². The average molecular weight is 256 g/mol. The van der Waals surface area contributed by atoms with Crippen LogP contribution in [0.25, 0.3) is 10.9 Å². The van der Waals surface area contributed by atoms with Crippen molar-refractivity contribution in [1.29, 1.82) is 0 Å². The highest BCUT2D eigenvalue weighted by atomic mass is 16.3. The lowest BCUT2D eigenvalue weighted by Gasteiger charge is -2.20. The predicted molar refractivity (Wildman–Crippen MR) is 78.3 cm³/mol. The number of rotatable bonds is 3. The quantitative estimate of drug-likeness (QED) is 0.917. The minimum absolute atomic E-state index is 0.0560. The highest BCUT2D eigenvalue weighted by molar-refractivity contribution is 5.81. The smallest absolute Gasteiger partial charge is 0.134 e. The zero-order chi connectivity index (χ0) is 13.2. The first kappa shape index (κ1) is 12.4. The molecule has 2 heterocycles. The number of fused-ring (bicyclic) bond motifs is 1. The maximum Gasteiger partial charge on any atom is 0.134 e. The van der Waals surface area contributed by atoms with Gasteiger partial charge in [-0.3, -0.25) is 0 Å². The van der Waals surface area contributed by atoms with Crippen molar-refractivity contribution in [3.63, 3.8) is 0 Å². The number of hydrogen-bond acceptors (Lipinski definition) is 3. The molecule has 1 aromatic heterocycles. The number of benzene rings is 1. The van der Waals surface area contributed by atoms with E-state index >= 15 is 0 Å². The molecule has 0 aliphatic carbocycles. The van der Waals surface area contributed by atoms with Crippen molar-refractivity contribution in [2.75, 3.05) is 18.0 Å². The number of hydrogen-bond donors (Lipinski definition) is 1. The third kappa shape index (κ3) is 2.30. The molecule has 3 heteroatoms. The standard InChI is InChI=1S/C16H20N2O/c1-2-12-7-8-18(10-12)16-14(11-19)9-13-5-3-4-6-15(13)17-16/h3-6,9,12,19H,2,7-8,10-11H2,1H3. The first-order chi connectivity index (χ1) is 9.31. The number of aliphatic hydroxyl groups excluding tert-OH is 1. The van der Waals surface area contributed by atoms with E-state index in [1.165, 1.54) is 12.8 Å². The van der Waals surface area contributed by atoms with E-state index in [-0.39, 0.29) is 6.61 Å². The van der Waals surface area contributed by atoms with E-state index in [0.717, 1.165) is 41.3 Å². The lowest BCUT2D eigenvalue weighted by atomic mass is 10.1. The van der Waals surface area contributed by atoms with Crippen LogP contribution in [0.3, 0.4) is 0 Å². The number of anilines is 1. The summed E-state index contributed by atoms with van der Waals surface area (Å²) in [5.41, 5.74) is 1.95. The summed E-state index contributed by atoms with van der Waals surface area (Å²) in [5, 5.41) is 10.7. The van der Waals surface area contributed by atoms with Crippen molar-refractivity contribution in [3.8, 4) is 0 Å². The van der Waals surface area contributed by atoms with E-state index in [2.05, 4.69) is 17.9 Å². The molecule has 0 amide bonds. The van der Waals surface area contributed by atoms with Crippen LogP contribution in [0.2, 0.25) is 0 Å². The molecule has 0 bridgehead atoms. The molecule has 0 saturated carbocycles. The third-order valence-electron chi connectivity index (χ3n) is 4.11. The summed E-state index contributed by atoms with van der Waals surface area (Å²) in [6.45, 7) is 4.42. The molecule has 3 rings (SSSR count). The summed E-state index contributed by atoms with van der Waals surface area (Å²) in [6, 6.07) is 10.2. The van der Waals surface area contributed by atoms with Gasteiger partial charge in [0.2, 0.25) is 0 Å². The molecule has 1 aliphatic heterocycles. The zero-order valence-corrected chi connectivity index (χ0v) is 11.3. The topological polar surface area (TPSA) is 36.4 Å². The van der Waals surface area contributed by atoms with Gasteiger partial charge in [-0.05, 0) is 24.5 Å². The Morgan fingerprint density at radius 1 is 1.37 bits per heavy atom. The van der Waals surface area contributed by atoms with Crippen molar-refractivity contribution in [1.82, 2.24) is 4.98 Å². The largest absolute Gasteiger partial charge is 0.392 e. The molecule has 1 unspecified atom stereocenters. The Kier molecular flexibility index (Phi) is 3.38. The molecule has 1 saturated heterocycles. The van der Waals surface area contributed by atoms with Gasteiger partial charge in [-0.15, -0.1) is 0 Å². The van der Waals surface area contributed by atoms with Crippen LogP contribution in [0.15, 0.2) is 30.3 Å². The second kappa shape index (κ2) is 5.17. The SMILES string of the molecule is CCC1CCN(c2nc3ccccc3cc2CO)C1. The van der Waals surface area contributed by atoms with E-state index in [1.54, 1.807) is 0 Å². The van der Waals surface area contributed by atoms with Crippen LogP contribution < -0.4 is 4.90 Å². The summed E-state index contributed by atoms with van der Waals surface area (Å²) < 4.78 is 0. The van der Waals surface area contributed by atoms with Crippen molar-refractivity contribution < 1.29 is 5.11 Å². The molecule has 1 atom stereocenters. The fraction of sp³-hybridized carbons (Fsp3) is 0.438. The number of aromatic nitrogens is 1. The highest BCUT2D eigenvalue weighted by Gasteiger charge is 2.24. The molecule has 100 valence electrons. The maximum atomic E-state index is 9.59. The van der Waals surface area contributed by atoms with Crippen LogP contribution in [0.1, 0.15) is 25.3 Å². The molecule has 2 aromatic rings. The Balaban J connectivity index is 2.02. The fourth-order valence-corrected chi connectivity index (χ4v) is 2.90. The van der Waals surface area contributed by atoms with Crippen LogP contribution >= 0.6 is 0 Å². The van der Waals surface area contributed by atoms with Gasteiger partial charge in [-0.2, -0.15) is 0 Å². The van der Waals surface area contributed by atoms with Gasteiger partial charge >= 0.3 is 0 Å². The minimum Gasteiger partial charge on any atom is -0.392 e. The van der Waals surface area contributed by atoms with Crippen molar-refractivity contribution >= 4 is 16.7 Å². The van der Waals surface area contributed by atoms with Crippen molar-refractivity contribution in [2.45, 2.75) is 26.4 Å². The second-order valence-electron chi connectivity index (χ2n) is 5.33. The molecule has 1 aliphatic rings. The normalized spacial score (nSPS) is 19.3. The zero-order valence-electron chi connectivity index (χ0n) is 11.3. The van der Waals surface area contributed by atoms with Crippen LogP contribution in [0, 0.1) is 5.92 Å². The maximum absolute atomic E-state index is 9.59. The van der Waals surface area contributed by atoms with Crippen molar-refractivity contribution in [3.05, 3.63) is 35.9 Å². The van der Waals surface area contributed by atoms with E-state index < -0.39 is 0 Å². The van der Waals surface area contributed by atoms with Crippen LogP contribution in [0.4, 0.5) is 5.82 Å². The monoisotopic (exact) mass is 256 g/mol. The van der Waals surface area contributed by atoms with Crippen LogP contribution in [-0.2, 0) is 6.61 Å². The van der Waals surface area contributed by atoms with Gasteiger partial charge in [0.1, 0.15) is 5.82 Å². The number of nitrogens with zero attached hydrogens (tertiary/aromatic N) is 2. The van der Waals surface area contributed by atoms with Crippen molar-refractivity contribution in [2.24, 2.45) is 5.92 Å². The number of pyridine rings is 1. The average Bonchev–Trinajstić information content (AvgIpc) is 2.94. The van der Waals surface area contributed by atoms with Crippen LogP contribution in [-0.4, -0.2) is 23.2 Å². The number of para-hydroxylation sites is 1. The molecule has 1 fully saturated rings. The summed E-state index contributed by atoms with van der Waals surface area (Å²) in [6.07, 6.45) is 2.45. The first-order valence-corrected chi connectivity index (χ1v) is 7.06. The Morgan fingerprint density at radius 3 is 2.95 bits per heavy atom. The van der Waals surface area contributed by atoms with Gasteiger partial charge in [0.15, 0.2) is 0 Å². The first-order valence-electron chi connectivity index (χ1n) is 7.06. The van der Waals surface area contributed by atoms with E-state index in [9.17, 15) is 5.11 Å². The van der Waals surface area contributed by atoms with E-state index in [1.807, 2.05) is 24.3 Å². The molecular formula is C16H20N2O. The summed E-state index contributed by atoms with van der Waals surface area (Å²) in [4.78, 5) is 7.09. The van der Waals surface area contributed by atoms with Gasteiger partial charge in [-0.1, -0.05) is 31.5 Å². The van der Waals surface area contributed by atoms with Gasteiger partial charge < -0.3 is 10.0 Å². The molecule has 3 nitrogen and oxygen atoms in total. The minimum atomic E-state index is 0.0560. The second-order valence-corrected chi connectivity index (χ2v) is 5.33. The highest BCUT2D eigenvalue weighted by Crippen LogP contribution is 2.29. The molecule has 0 radical (unpaired) electrons. The summed E-state index contributed by atoms with van der Waals surface area (Å²) in [5.74, 6) is 1.73. The summed E-state index contributed by atoms with van der Waals surface area (Å²) in [7, 11) is 0. The van der Waals surface area contributed by atoms with Gasteiger partial charge in [0.05, 0.1) is 12.1 Å². The molecular weight excluding hydrogens is 236 g/mol. The van der Waals surface area contributed by atoms with Gasteiger partial charge in [0.25, 0.3) is 0 Å². The lowest BCUT2D eigenvalue weighted by Crippen LogP contribution is -2.22. The Labute approximate surface area is 113 Å². The Morgan fingerprint density at radius 2 is 2.21 bits per heavy atom. The van der Waals surface area contributed by atoms with Crippen LogP contribution in [0.5, 0.6) is 0 Å². The Bertz CT molecular complexity index is 582.